The Hall–Kier alpha value is -3.21. The molecule has 1 aromatic carbocycles. The second kappa shape index (κ2) is 12.1. The molecule has 1 aliphatic rings. The van der Waals surface area contributed by atoms with Gasteiger partial charge in [0, 0.05) is 17.8 Å². The van der Waals surface area contributed by atoms with Gasteiger partial charge in [-0.05, 0) is 61.3 Å². The second-order valence-electron chi connectivity index (χ2n) is 9.11. The maximum absolute atomic E-state index is 14.7. The summed E-state index contributed by atoms with van der Waals surface area (Å²) in [6, 6.07) is 12.5. The lowest BCUT2D eigenvalue weighted by Crippen LogP contribution is -2.24. The molecule has 3 aromatic rings. The minimum atomic E-state index is -4.63. The fourth-order valence-electron chi connectivity index (χ4n) is 4.73. The van der Waals surface area contributed by atoms with E-state index >= 15 is 0 Å². The molecule has 0 bridgehead atoms. The molecule has 1 atom stereocenters. The van der Waals surface area contributed by atoms with Crippen molar-refractivity contribution in [2.45, 2.75) is 57.2 Å². The number of hydrogen-bond donors (Lipinski definition) is 1. The van der Waals surface area contributed by atoms with Gasteiger partial charge in [-0.15, -0.1) is 0 Å². The zero-order valence-corrected chi connectivity index (χ0v) is 21.9. The minimum Gasteiger partial charge on any atom is -0.480 e. The van der Waals surface area contributed by atoms with Gasteiger partial charge in [-0.3, -0.25) is 4.72 Å². The summed E-state index contributed by atoms with van der Waals surface area (Å²) in [7, 11) is -1.22. The van der Waals surface area contributed by atoms with Gasteiger partial charge in [-0.1, -0.05) is 31.2 Å². The van der Waals surface area contributed by atoms with E-state index in [1.54, 1.807) is 0 Å². The highest BCUT2D eigenvalue weighted by atomic mass is 32.2. The first-order valence-corrected chi connectivity index (χ1v) is 13.7. The number of anilines is 1. The Bertz CT molecular complexity index is 1280. The SMILES string of the molecule is CCc1ccccc1C1CCC(Oc2ccc(F)c(-c3cnc(OC)c(NS(=O)CC(F)(F)F)c3)n2)CC1. The molecule has 1 aliphatic carbocycles. The maximum Gasteiger partial charge on any atom is 0.402 e. The van der Waals surface area contributed by atoms with Crippen LogP contribution in [0.5, 0.6) is 11.8 Å². The van der Waals surface area contributed by atoms with Crippen LogP contribution >= 0.6 is 0 Å². The van der Waals surface area contributed by atoms with Gasteiger partial charge < -0.3 is 9.47 Å². The normalized spacial score (nSPS) is 18.6. The number of aromatic nitrogens is 2. The smallest absolute Gasteiger partial charge is 0.402 e. The van der Waals surface area contributed by atoms with E-state index < -0.39 is 28.7 Å². The van der Waals surface area contributed by atoms with Crippen molar-refractivity contribution in [1.82, 2.24) is 9.97 Å². The summed E-state index contributed by atoms with van der Waals surface area (Å²) in [5, 5.41) is 0. The van der Waals surface area contributed by atoms with E-state index in [4.69, 9.17) is 9.47 Å². The maximum atomic E-state index is 14.7. The molecule has 1 saturated carbocycles. The number of pyridine rings is 2. The summed E-state index contributed by atoms with van der Waals surface area (Å²) >= 11 is 0. The fraction of sp³-hybridized carbons (Fsp3) is 0.407. The van der Waals surface area contributed by atoms with Crippen LogP contribution in [0, 0.1) is 5.82 Å². The number of rotatable bonds is 9. The van der Waals surface area contributed by atoms with Crippen LogP contribution in [0.25, 0.3) is 11.3 Å². The number of benzene rings is 1. The lowest BCUT2D eigenvalue weighted by molar-refractivity contribution is -0.105. The molecule has 6 nitrogen and oxygen atoms in total. The van der Waals surface area contributed by atoms with Gasteiger partial charge in [0.05, 0.1) is 7.11 Å². The number of nitrogens with one attached hydrogen (secondary N) is 1. The third-order valence-corrected chi connectivity index (χ3v) is 7.53. The first-order valence-electron chi connectivity index (χ1n) is 12.3. The van der Waals surface area contributed by atoms with Crippen molar-refractivity contribution in [3.63, 3.8) is 0 Å². The Morgan fingerprint density at radius 3 is 2.53 bits per heavy atom. The Kier molecular flexibility index (Phi) is 8.86. The summed E-state index contributed by atoms with van der Waals surface area (Å²) in [6.07, 6.45) is 1.19. The molecule has 0 aliphatic heterocycles. The van der Waals surface area contributed by atoms with E-state index in [1.807, 2.05) is 0 Å². The fourth-order valence-corrected chi connectivity index (χ4v) is 5.50. The molecule has 0 saturated heterocycles. The zero-order valence-electron chi connectivity index (χ0n) is 21.1. The Morgan fingerprint density at radius 2 is 1.84 bits per heavy atom. The molecule has 4 rings (SSSR count). The van der Waals surface area contributed by atoms with Gasteiger partial charge >= 0.3 is 6.18 Å². The van der Waals surface area contributed by atoms with Gasteiger partial charge in [0.1, 0.15) is 40.0 Å². The molecule has 204 valence electrons. The van der Waals surface area contributed by atoms with Crippen LogP contribution in [0.3, 0.4) is 0 Å². The van der Waals surface area contributed by atoms with E-state index in [-0.39, 0.29) is 34.8 Å². The van der Waals surface area contributed by atoms with Crippen LogP contribution < -0.4 is 14.2 Å². The van der Waals surface area contributed by atoms with Crippen LogP contribution in [0.2, 0.25) is 0 Å². The Balaban J connectivity index is 1.47. The molecule has 1 N–H and O–H groups in total. The number of alkyl halides is 3. The molecule has 38 heavy (non-hydrogen) atoms. The van der Waals surface area contributed by atoms with E-state index in [2.05, 4.69) is 45.9 Å². The highest BCUT2D eigenvalue weighted by Gasteiger charge is 2.31. The van der Waals surface area contributed by atoms with Crippen LogP contribution in [0.15, 0.2) is 48.7 Å². The van der Waals surface area contributed by atoms with Crippen LogP contribution in [0.4, 0.5) is 23.2 Å². The predicted molar refractivity (Wildman–Crippen MR) is 138 cm³/mol. The molecule has 0 spiro atoms. The predicted octanol–water partition coefficient (Wildman–Crippen LogP) is 6.60. The van der Waals surface area contributed by atoms with Gasteiger partial charge in [0.25, 0.3) is 0 Å². The Morgan fingerprint density at radius 1 is 1.11 bits per heavy atom. The molecule has 0 amide bonds. The third-order valence-electron chi connectivity index (χ3n) is 6.49. The quantitative estimate of drug-likeness (QED) is 0.304. The van der Waals surface area contributed by atoms with Crippen molar-refractivity contribution in [3.05, 3.63) is 65.6 Å². The highest BCUT2D eigenvalue weighted by Crippen LogP contribution is 2.37. The Labute approximate surface area is 221 Å². The average Bonchev–Trinajstić information content (AvgIpc) is 2.89. The zero-order chi connectivity index (χ0) is 27.3. The lowest BCUT2D eigenvalue weighted by Gasteiger charge is -2.30. The van der Waals surface area contributed by atoms with Crippen molar-refractivity contribution in [3.8, 4) is 23.0 Å². The van der Waals surface area contributed by atoms with E-state index in [0.29, 0.717) is 5.92 Å². The third kappa shape index (κ3) is 7.00. The summed E-state index contributed by atoms with van der Waals surface area (Å²) in [5.74, 6) is -1.60. The number of aryl methyl sites for hydroxylation is 1. The number of nitrogens with zero attached hydrogens (tertiary/aromatic N) is 2. The monoisotopic (exact) mass is 551 g/mol. The molecule has 1 fully saturated rings. The average molecular weight is 552 g/mol. The summed E-state index contributed by atoms with van der Waals surface area (Å²) in [5.41, 5.74) is 2.76. The standard InChI is InChI=1S/C27H29F4N3O3S/c1-3-17-6-4-5-7-21(17)18-8-10-20(11-9-18)37-24-13-12-22(28)25(33-24)19-14-23(26(36-2)32-15-19)34-38(35)16-27(29,30)31/h4-7,12-15,18,20,34H,3,8-11,16H2,1-2H3. The summed E-state index contributed by atoms with van der Waals surface area (Å²) < 4.78 is 77.9. The van der Waals surface area contributed by atoms with Gasteiger partial charge in [0.15, 0.2) is 0 Å². The topological polar surface area (TPSA) is 73.3 Å². The highest BCUT2D eigenvalue weighted by molar-refractivity contribution is 7.86. The molecule has 2 heterocycles. The summed E-state index contributed by atoms with van der Waals surface area (Å²) in [6.45, 7) is 2.16. The van der Waals surface area contributed by atoms with E-state index in [0.717, 1.165) is 32.1 Å². The summed E-state index contributed by atoms with van der Waals surface area (Å²) in [4.78, 5) is 8.33. The lowest BCUT2D eigenvalue weighted by atomic mass is 9.80. The second-order valence-corrected chi connectivity index (χ2v) is 10.3. The van der Waals surface area contributed by atoms with E-state index in [9.17, 15) is 21.8 Å². The molecule has 11 heteroatoms. The van der Waals surface area contributed by atoms with Crippen molar-refractivity contribution in [1.29, 1.82) is 0 Å². The van der Waals surface area contributed by atoms with Crippen molar-refractivity contribution in [2.24, 2.45) is 0 Å². The number of halogens is 4. The molecule has 2 aromatic heterocycles. The van der Waals surface area contributed by atoms with Crippen LogP contribution in [-0.2, 0) is 17.4 Å². The van der Waals surface area contributed by atoms with Crippen LogP contribution in [0.1, 0.15) is 49.7 Å². The number of ether oxygens (including phenoxy) is 2. The van der Waals surface area contributed by atoms with Gasteiger partial charge in [0.2, 0.25) is 11.8 Å². The molecular formula is C27H29F4N3O3S. The molecule has 0 radical (unpaired) electrons. The van der Waals surface area contributed by atoms with Crippen molar-refractivity contribution >= 4 is 16.7 Å². The first-order chi connectivity index (χ1) is 18.2. The first kappa shape index (κ1) is 27.8. The number of methoxy groups -OCH3 is 1. The molecule has 1 unspecified atom stereocenters. The van der Waals surface area contributed by atoms with Crippen LogP contribution in [-0.4, -0.2) is 39.3 Å². The van der Waals surface area contributed by atoms with Gasteiger partial charge in [-0.2, -0.15) is 13.2 Å². The van der Waals surface area contributed by atoms with E-state index in [1.165, 1.54) is 42.6 Å². The minimum absolute atomic E-state index is 0.0677. The molecular weight excluding hydrogens is 522 g/mol. The van der Waals surface area contributed by atoms with Gasteiger partial charge in [-0.25, -0.2) is 18.6 Å². The van der Waals surface area contributed by atoms with Crippen molar-refractivity contribution < 1.29 is 31.2 Å². The number of hydrogen-bond acceptors (Lipinski definition) is 5. The largest absolute Gasteiger partial charge is 0.480 e. The van der Waals surface area contributed by atoms with Crippen molar-refractivity contribution in [2.75, 3.05) is 17.6 Å².